The van der Waals surface area contributed by atoms with E-state index in [4.69, 9.17) is 4.74 Å². The quantitative estimate of drug-likeness (QED) is 0.933. The summed E-state index contributed by atoms with van der Waals surface area (Å²) < 4.78 is 5.43. The average Bonchev–Trinajstić information content (AvgIpc) is 2.54. The van der Waals surface area contributed by atoms with Crippen molar-refractivity contribution in [3.05, 3.63) is 47.9 Å². The molecule has 2 aromatic rings. The van der Waals surface area contributed by atoms with E-state index in [1.54, 1.807) is 6.33 Å². The highest BCUT2D eigenvalue weighted by Gasteiger charge is 2.14. The lowest BCUT2D eigenvalue weighted by atomic mass is 10.1. The molecule has 0 spiro atoms. The first kappa shape index (κ1) is 13.8. The van der Waals surface area contributed by atoms with E-state index in [0.717, 1.165) is 44.4 Å². The first-order valence-corrected chi connectivity index (χ1v) is 7.26. The number of morpholine rings is 1. The number of hydrogen-bond acceptors (Lipinski definition) is 5. The van der Waals surface area contributed by atoms with Crippen LogP contribution in [-0.4, -0.2) is 36.3 Å². The van der Waals surface area contributed by atoms with E-state index < -0.39 is 0 Å². The van der Waals surface area contributed by atoms with Crippen LogP contribution in [-0.2, 0) is 11.3 Å². The van der Waals surface area contributed by atoms with Crippen LogP contribution in [0, 0.1) is 6.92 Å². The minimum atomic E-state index is 0.754. The lowest BCUT2D eigenvalue weighted by molar-refractivity contribution is 0.122. The number of nitrogens with one attached hydrogen (secondary N) is 1. The Bertz CT molecular complexity index is 596. The third kappa shape index (κ3) is 3.49. The van der Waals surface area contributed by atoms with Gasteiger partial charge >= 0.3 is 0 Å². The van der Waals surface area contributed by atoms with Crippen molar-refractivity contribution < 1.29 is 4.74 Å². The number of nitrogens with zero attached hydrogens (tertiary/aromatic N) is 3. The van der Waals surface area contributed by atoms with Gasteiger partial charge < -0.3 is 15.0 Å². The zero-order chi connectivity index (χ0) is 14.5. The number of anilines is 2. The van der Waals surface area contributed by atoms with E-state index in [-0.39, 0.29) is 0 Å². The van der Waals surface area contributed by atoms with Crippen molar-refractivity contribution in [1.82, 2.24) is 9.97 Å². The summed E-state index contributed by atoms with van der Waals surface area (Å²) >= 11 is 0. The van der Waals surface area contributed by atoms with Crippen molar-refractivity contribution >= 4 is 11.5 Å². The summed E-state index contributed by atoms with van der Waals surface area (Å²) in [4.78, 5) is 10.7. The third-order valence-electron chi connectivity index (χ3n) is 3.61. The molecule has 3 rings (SSSR count). The molecule has 1 fully saturated rings. The normalized spacial score (nSPS) is 15.0. The van der Waals surface area contributed by atoms with E-state index >= 15 is 0 Å². The van der Waals surface area contributed by atoms with Gasteiger partial charge in [0.2, 0.25) is 0 Å². The van der Waals surface area contributed by atoms with Crippen molar-refractivity contribution in [2.24, 2.45) is 0 Å². The molecule has 1 aliphatic heterocycles. The molecule has 1 aliphatic rings. The molecule has 1 aromatic heterocycles. The number of benzene rings is 1. The summed E-state index contributed by atoms with van der Waals surface area (Å²) in [5.41, 5.74) is 3.52. The number of aryl methyl sites for hydroxylation is 1. The zero-order valence-corrected chi connectivity index (χ0v) is 12.2. The fourth-order valence-electron chi connectivity index (χ4n) is 2.51. The Balaban J connectivity index is 1.73. The summed E-state index contributed by atoms with van der Waals surface area (Å²) in [6, 6.07) is 10.5. The van der Waals surface area contributed by atoms with Gasteiger partial charge in [0, 0.05) is 37.1 Å². The molecule has 0 unspecified atom stereocenters. The predicted octanol–water partition coefficient (Wildman–Crippen LogP) is 2.23. The van der Waals surface area contributed by atoms with Gasteiger partial charge in [-0.2, -0.15) is 0 Å². The maximum atomic E-state index is 5.43. The molecular weight excluding hydrogens is 264 g/mol. The Labute approximate surface area is 125 Å². The molecule has 5 heteroatoms. The number of para-hydroxylation sites is 1. The van der Waals surface area contributed by atoms with E-state index in [1.807, 2.05) is 13.0 Å². The van der Waals surface area contributed by atoms with Crippen LogP contribution >= 0.6 is 0 Å². The average molecular weight is 284 g/mol. The molecular formula is C16H20N4O. The van der Waals surface area contributed by atoms with Crippen LogP contribution < -0.4 is 10.2 Å². The van der Waals surface area contributed by atoms with E-state index in [9.17, 15) is 0 Å². The fraction of sp³-hybridized carbons (Fsp3) is 0.375. The summed E-state index contributed by atoms with van der Waals surface area (Å²) in [6.07, 6.45) is 1.59. The van der Waals surface area contributed by atoms with Gasteiger partial charge in [-0.25, -0.2) is 9.97 Å². The van der Waals surface area contributed by atoms with E-state index in [2.05, 4.69) is 44.5 Å². The summed E-state index contributed by atoms with van der Waals surface area (Å²) in [5.74, 6) is 0.860. The van der Waals surface area contributed by atoms with Gasteiger partial charge in [0.1, 0.15) is 12.1 Å². The molecule has 21 heavy (non-hydrogen) atoms. The second kappa shape index (κ2) is 6.54. The Kier molecular flexibility index (Phi) is 4.31. The van der Waals surface area contributed by atoms with Crippen molar-refractivity contribution in [3.63, 3.8) is 0 Å². The maximum absolute atomic E-state index is 5.43. The van der Waals surface area contributed by atoms with E-state index in [1.165, 1.54) is 11.3 Å². The molecule has 0 atom stereocenters. The maximum Gasteiger partial charge on any atom is 0.129 e. The summed E-state index contributed by atoms with van der Waals surface area (Å²) in [5, 5.41) is 3.37. The standard InChI is InChI=1S/C16H20N4O/c1-13-10-16(19-12-18-13)17-11-14-4-2-3-5-15(14)20-6-8-21-9-7-20/h2-5,10,12H,6-9,11H2,1H3,(H,17,18,19). The molecule has 2 heterocycles. The molecule has 1 saturated heterocycles. The van der Waals surface area contributed by atoms with Crippen molar-refractivity contribution in [2.45, 2.75) is 13.5 Å². The summed E-state index contributed by atoms with van der Waals surface area (Å²) in [6.45, 7) is 6.21. The van der Waals surface area contributed by atoms with Gasteiger partial charge in [-0.15, -0.1) is 0 Å². The molecule has 0 saturated carbocycles. The first-order valence-electron chi connectivity index (χ1n) is 7.26. The number of aromatic nitrogens is 2. The van der Waals surface area contributed by atoms with Gasteiger partial charge in [-0.3, -0.25) is 0 Å². The van der Waals surface area contributed by atoms with E-state index in [0.29, 0.717) is 0 Å². The first-order chi connectivity index (χ1) is 10.3. The Morgan fingerprint density at radius 2 is 2.00 bits per heavy atom. The third-order valence-corrected chi connectivity index (χ3v) is 3.61. The smallest absolute Gasteiger partial charge is 0.129 e. The van der Waals surface area contributed by atoms with Gasteiger partial charge in [-0.1, -0.05) is 18.2 Å². The minimum absolute atomic E-state index is 0.754. The Morgan fingerprint density at radius 1 is 1.19 bits per heavy atom. The number of rotatable bonds is 4. The monoisotopic (exact) mass is 284 g/mol. The predicted molar refractivity (Wildman–Crippen MR) is 83.6 cm³/mol. The molecule has 0 radical (unpaired) electrons. The van der Waals surface area contributed by atoms with Crippen LogP contribution in [0.15, 0.2) is 36.7 Å². The molecule has 1 N–H and O–H groups in total. The largest absolute Gasteiger partial charge is 0.378 e. The Hall–Kier alpha value is -2.14. The second-order valence-corrected chi connectivity index (χ2v) is 5.13. The van der Waals surface area contributed by atoms with Crippen molar-refractivity contribution in [2.75, 3.05) is 36.5 Å². The highest BCUT2D eigenvalue weighted by molar-refractivity contribution is 5.55. The molecule has 110 valence electrons. The Morgan fingerprint density at radius 3 is 2.81 bits per heavy atom. The lowest BCUT2D eigenvalue weighted by Crippen LogP contribution is -2.36. The van der Waals surface area contributed by atoms with Crippen LogP contribution in [0.3, 0.4) is 0 Å². The second-order valence-electron chi connectivity index (χ2n) is 5.13. The van der Waals surface area contributed by atoms with Gasteiger partial charge in [-0.05, 0) is 18.6 Å². The fourth-order valence-corrected chi connectivity index (χ4v) is 2.51. The topological polar surface area (TPSA) is 50.3 Å². The molecule has 0 amide bonds. The number of hydrogen-bond donors (Lipinski definition) is 1. The molecule has 0 aliphatic carbocycles. The van der Waals surface area contributed by atoms with Crippen LogP contribution in [0.2, 0.25) is 0 Å². The minimum Gasteiger partial charge on any atom is -0.378 e. The number of ether oxygens (including phenoxy) is 1. The van der Waals surface area contributed by atoms with Crippen molar-refractivity contribution in [1.29, 1.82) is 0 Å². The van der Waals surface area contributed by atoms with Crippen molar-refractivity contribution in [3.8, 4) is 0 Å². The van der Waals surface area contributed by atoms with Crippen LogP contribution in [0.4, 0.5) is 11.5 Å². The highest BCUT2D eigenvalue weighted by atomic mass is 16.5. The van der Waals surface area contributed by atoms with Crippen LogP contribution in [0.1, 0.15) is 11.3 Å². The molecule has 1 aromatic carbocycles. The lowest BCUT2D eigenvalue weighted by Gasteiger charge is -2.30. The molecule has 5 nitrogen and oxygen atoms in total. The van der Waals surface area contributed by atoms with Gasteiger partial charge in [0.15, 0.2) is 0 Å². The van der Waals surface area contributed by atoms with Crippen LogP contribution in [0.25, 0.3) is 0 Å². The summed E-state index contributed by atoms with van der Waals surface area (Å²) in [7, 11) is 0. The van der Waals surface area contributed by atoms with Gasteiger partial charge in [0.05, 0.1) is 13.2 Å². The van der Waals surface area contributed by atoms with Crippen LogP contribution in [0.5, 0.6) is 0 Å². The zero-order valence-electron chi connectivity index (χ0n) is 12.2. The van der Waals surface area contributed by atoms with Gasteiger partial charge in [0.25, 0.3) is 0 Å². The SMILES string of the molecule is Cc1cc(NCc2ccccc2N2CCOCC2)ncn1. The molecule has 0 bridgehead atoms. The highest BCUT2D eigenvalue weighted by Crippen LogP contribution is 2.22.